The molecule has 0 aliphatic heterocycles. The Hall–Kier alpha value is -1.89. The number of halogens is 1. The number of ether oxygens (including phenoxy) is 1. The van der Waals surface area contributed by atoms with Crippen LogP contribution in [0, 0.1) is 0 Å². The molecule has 6 nitrogen and oxygen atoms in total. The van der Waals surface area contributed by atoms with Crippen LogP contribution in [0.2, 0.25) is 0 Å². The van der Waals surface area contributed by atoms with E-state index < -0.39 is 0 Å². The lowest BCUT2D eigenvalue weighted by Crippen LogP contribution is -2.28. The van der Waals surface area contributed by atoms with Crippen molar-refractivity contribution in [1.82, 2.24) is 4.98 Å². The van der Waals surface area contributed by atoms with Crippen LogP contribution in [0.25, 0.3) is 11.3 Å². The SMILES string of the molecule is COC(CN)CC(=O)Nc1ccc(-c2cnco2)cc1.Cl. The van der Waals surface area contributed by atoms with Crippen molar-refractivity contribution in [2.45, 2.75) is 12.5 Å². The summed E-state index contributed by atoms with van der Waals surface area (Å²) < 4.78 is 10.3. The molecule has 2 rings (SSSR count). The zero-order valence-electron chi connectivity index (χ0n) is 11.6. The van der Waals surface area contributed by atoms with Crippen LogP contribution in [-0.4, -0.2) is 30.6 Å². The van der Waals surface area contributed by atoms with Gasteiger partial charge in [-0.15, -0.1) is 12.4 Å². The Morgan fingerprint density at radius 1 is 1.43 bits per heavy atom. The third-order valence-electron chi connectivity index (χ3n) is 2.89. The number of aromatic nitrogens is 1. The van der Waals surface area contributed by atoms with E-state index in [1.54, 1.807) is 18.3 Å². The molecule has 1 heterocycles. The van der Waals surface area contributed by atoms with Crippen LogP contribution in [0.15, 0.2) is 41.3 Å². The molecule has 0 radical (unpaired) electrons. The van der Waals surface area contributed by atoms with E-state index >= 15 is 0 Å². The Morgan fingerprint density at radius 3 is 2.67 bits per heavy atom. The van der Waals surface area contributed by atoms with Gasteiger partial charge in [-0.05, 0) is 24.3 Å². The highest BCUT2D eigenvalue weighted by Crippen LogP contribution is 2.20. The fourth-order valence-corrected chi connectivity index (χ4v) is 1.76. The van der Waals surface area contributed by atoms with Crippen LogP contribution >= 0.6 is 12.4 Å². The molecule has 2 aromatic rings. The maximum absolute atomic E-state index is 11.8. The summed E-state index contributed by atoms with van der Waals surface area (Å²) >= 11 is 0. The lowest BCUT2D eigenvalue weighted by Gasteiger charge is -2.12. The van der Waals surface area contributed by atoms with Crippen molar-refractivity contribution in [3.8, 4) is 11.3 Å². The predicted octanol–water partition coefficient (Wildman–Crippen LogP) is 2.07. The molecule has 21 heavy (non-hydrogen) atoms. The Kier molecular flexibility index (Phi) is 6.87. The maximum Gasteiger partial charge on any atom is 0.227 e. The van der Waals surface area contributed by atoms with Crippen molar-refractivity contribution >= 4 is 24.0 Å². The van der Waals surface area contributed by atoms with Gasteiger partial charge in [-0.25, -0.2) is 4.98 Å². The minimum Gasteiger partial charge on any atom is -0.444 e. The van der Waals surface area contributed by atoms with Gasteiger partial charge in [-0.1, -0.05) is 0 Å². The summed E-state index contributed by atoms with van der Waals surface area (Å²) in [6.07, 6.45) is 2.99. The van der Waals surface area contributed by atoms with Gasteiger partial charge in [0.2, 0.25) is 5.91 Å². The smallest absolute Gasteiger partial charge is 0.227 e. The summed E-state index contributed by atoms with van der Waals surface area (Å²) in [6, 6.07) is 7.32. The minimum atomic E-state index is -0.261. The summed E-state index contributed by atoms with van der Waals surface area (Å²) in [6.45, 7) is 0.314. The van der Waals surface area contributed by atoms with Gasteiger partial charge >= 0.3 is 0 Å². The number of nitrogens with zero attached hydrogens (tertiary/aromatic N) is 1. The first kappa shape index (κ1) is 17.2. The number of carbonyl (C=O) groups is 1. The third-order valence-corrected chi connectivity index (χ3v) is 2.89. The third kappa shape index (κ3) is 4.86. The summed E-state index contributed by atoms with van der Waals surface area (Å²) in [7, 11) is 1.54. The normalized spacial score (nSPS) is 11.5. The average Bonchev–Trinajstić information content (AvgIpc) is 2.99. The number of nitrogens with one attached hydrogen (secondary N) is 1. The van der Waals surface area contributed by atoms with E-state index in [0.29, 0.717) is 18.0 Å². The standard InChI is InChI=1S/C14H17N3O3.ClH/c1-19-12(7-15)6-14(18)17-11-4-2-10(3-5-11)13-8-16-9-20-13;/h2-5,8-9,12H,6-7,15H2,1H3,(H,17,18);1H. The molecule has 1 aromatic carbocycles. The van der Waals surface area contributed by atoms with Gasteiger partial charge in [0.05, 0.1) is 18.7 Å². The highest BCUT2D eigenvalue weighted by Gasteiger charge is 2.11. The largest absolute Gasteiger partial charge is 0.444 e. The van der Waals surface area contributed by atoms with Crippen LogP contribution in [0.5, 0.6) is 0 Å². The Labute approximate surface area is 129 Å². The first-order valence-corrected chi connectivity index (χ1v) is 6.24. The van der Waals surface area contributed by atoms with Gasteiger partial charge < -0.3 is 20.2 Å². The first-order chi connectivity index (χ1) is 9.72. The van der Waals surface area contributed by atoms with Crippen molar-refractivity contribution in [3.63, 3.8) is 0 Å². The number of nitrogens with two attached hydrogens (primary N) is 1. The Bertz CT molecular complexity index is 539. The number of methoxy groups -OCH3 is 1. The number of oxazole rings is 1. The summed E-state index contributed by atoms with van der Waals surface area (Å²) in [5.74, 6) is 0.556. The average molecular weight is 312 g/mol. The van der Waals surface area contributed by atoms with Crippen molar-refractivity contribution in [2.75, 3.05) is 19.0 Å². The van der Waals surface area contributed by atoms with Crippen LogP contribution < -0.4 is 11.1 Å². The van der Waals surface area contributed by atoms with E-state index in [9.17, 15) is 4.79 Å². The molecular formula is C14H18ClN3O3. The maximum atomic E-state index is 11.8. The molecule has 7 heteroatoms. The molecule has 3 N–H and O–H groups in total. The van der Waals surface area contributed by atoms with E-state index in [2.05, 4.69) is 10.3 Å². The lowest BCUT2D eigenvalue weighted by atomic mass is 10.1. The zero-order chi connectivity index (χ0) is 14.4. The minimum absolute atomic E-state index is 0. The van der Waals surface area contributed by atoms with Crippen LogP contribution in [-0.2, 0) is 9.53 Å². The molecule has 114 valence electrons. The number of hydrogen-bond acceptors (Lipinski definition) is 5. The second-order valence-electron chi connectivity index (χ2n) is 4.29. The molecular weight excluding hydrogens is 294 g/mol. The zero-order valence-corrected chi connectivity index (χ0v) is 12.4. The summed E-state index contributed by atoms with van der Waals surface area (Å²) in [5.41, 5.74) is 7.09. The number of anilines is 1. The molecule has 0 saturated heterocycles. The van der Waals surface area contributed by atoms with Crippen molar-refractivity contribution in [2.24, 2.45) is 5.73 Å². The number of rotatable bonds is 6. The quantitative estimate of drug-likeness (QED) is 0.852. The highest BCUT2D eigenvalue weighted by molar-refractivity contribution is 5.91. The van der Waals surface area contributed by atoms with Gasteiger partial charge in [0.25, 0.3) is 0 Å². The molecule has 1 aromatic heterocycles. The molecule has 0 aliphatic rings. The fraction of sp³-hybridized carbons (Fsp3) is 0.286. The van der Waals surface area contributed by atoms with Crippen LogP contribution in [0.3, 0.4) is 0 Å². The van der Waals surface area contributed by atoms with Gasteiger partial charge in [-0.2, -0.15) is 0 Å². The predicted molar refractivity (Wildman–Crippen MR) is 82.3 cm³/mol. The lowest BCUT2D eigenvalue weighted by molar-refractivity contribution is -0.118. The summed E-state index contributed by atoms with van der Waals surface area (Å²) in [5, 5.41) is 2.79. The van der Waals surface area contributed by atoms with Crippen molar-refractivity contribution in [3.05, 3.63) is 36.9 Å². The molecule has 0 bridgehead atoms. The van der Waals surface area contributed by atoms with Crippen molar-refractivity contribution in [1.29, 1.82) is 0 Å². The first-order valence-electron chi connectivity index (χ1n) is 6.24. The Morgan fingerprint density at radius 2 is 2.14 bits per heavy atom. The topological polar surface area (TPSA) is 90.4 Å². The molecule has 1 atom stereocenters. The molecule has 0 saturated carbocycles. The molecule has 0 fully saturated rings. The van der Waals surface area contributed by atoms with Gasteiger partial charge in [0, 0.05) is 24.9 Å². The Balaban J connectivity index is 0.00000220. The number of benzene rings is 1. The monoisotopic (exact) mass is 311 g/mol. The number of carbonyl (C=O) groups excluding carboxylic acids is 1. The number of amides is 1. The number of hydrogen-bond donors (Lipinski definition) is 2. The van der Waals surface area contributed by atoms with E-state index in [4.69, 9.17) is 14.9 Å². The molecule has 0 spiro atoms. The van der Waals surface area contributed by atoms with Crippen LogP contribution in [0.4, 0.5) is 5.69 Å². The van der Waals surface area contributed by atoms with E-state index in [1.807, 2.05) is 12.1 Å². The van der Waals surface area contributed by atoms with Crippen molar-refractivity contribution < 1.29 is 13.9 Å². The molecule has 0 aliphatic carbocycles. The van der Waals surface area contributed by atoms with Crippen LogP contribution in [0.1, 0.15) is 6.42 Å². The van der Waals surface area contributed by atoms with E-state index in [0.717, 1.165) is 5.56 Å². The summed E-state index contributed by atoms with van der Waals surface area (Å²) in [4.78, 5) is 15.6. The van der Waals surface area contributed by atoms with Gasteiger partial charge in [0.15, 0.2) is 12.2 Å². The molecule has 1 amide bonds. The fourth-order valence-electron chi connectivity index (χ4n) is 1.76. The van der Waals surface area contributed by atoms with Gasteiger partial charge in [0.1, 0.15) is 0 Å². The second kappa shape index (κ2) is 8.41. The van der Waals surface area contributed by atoms with E-state index in [1.165, 1.54) is 13.5 Å². The van der Waals surface area contributed by atoms with E-state index in [-0.39, 0.29) is 30.8 Å². The molecule has 1 unspecified atom stereocenters. The highest BCUT2D eigenvalue weighted by atomic mass is 35.5. The van der Waals surface area contributed by atoms with Gasteiger partial charge in [-0.3, -0.25) is 4.79 Å². The second-order valence-corrected chi connectivity index (χ2v) is 4.29.